The molecule has 0 heterocycles. The predicted molar refractivity (Wildman–Crippen MR) is 171 cm³/mol. The number of hydrogen-bond acceptors (Lipinski definition) is 4. The zero-order chi connectivity index (χ0) is 30.7. The Bertz CT molecular complexity index is 1450. The molecule has 0 saturated carbocycles. The molecule has 0 radical (unpaired) electrons. The van der Waals surface area contributed by atoms with Crippen LogP contribution in [0.5, 0.6) is 0 Å². The van der Waals surface area contributed by atoms with Crippen LogP contribution >= 0.6 is 11.6 Å². The molecule has 2 amide bonds. The van der Waals surface area contributed by atoms with Crippen molar-refractivity contribution < 1.29 is 18.0 Å². The first kappa shape index (κ1) is 33.1. The fraction of sp³-hybridized carbons (Fsp3) is 0.394. The molecular formula is C33H42ClN3O4S. The van der Waals surface area contributed by atoms with Crippen LogP contribution in [-0.4, -0.2) is 50.5 Å². The summed E-state index contributed by atoms with van der Waals surface area (Å²) in [5.41, 5.74) is 4.14. The van der Waals surface area contributed by atoms with Gasteiger partial charge in [0.05, 0.1) is 11.9 Å². The summed E-state index contributed by atoms with van der Waals surface area (Å²) >= 11 is 6.50. The highest BCUT2D eigenvalue weighted by Crippen LogP contribution is 2.26. The van der Waals surface area contributed by atoms with E-state index in [1.807, 2.05) is 74.5 Å². The molecule has 1 atom stereocenters. The van der Waals surface area contributed by atoms with Crippen LogP contribution in [-0.2, 0) is 32.6 Å². The number of unbranched alkanes of at least 4 members (excludes halogenated alkanes) is 1. The monoisotopic (exact) mass is 611 g/mol. The molecule has 9 heteroatoms. The van der Waals surface area contributed by atoms with E-state index in [0.717, 1.165) is 35.1 Å². The Morgan fingerprint density at radius 2 is 1.62 bits per heavy atom. The average molecular weight is 612 g/mol. The van der Waals surface area contributed by atoms with Gasteiger partial charge >= 0.3 is 0 Å². The zero-order valence-corrected chi connectivity index (χ0v) is 26.5. The molecule has 0 aromatic heterocycles. The van der Waals surface area contributed by atoms with Gasteiger partial charge in [-0.25, -0.2) is 8.42 Å². The van der Waals surface area contributed by atoms with Crippen LogP contribution in [0, 0.1) is 13.8 Å². The van der Waals surface area contributed by atoms with Gasteiger partial charge in [0, 0.05) is 37.5 Å². The van der Waals surface area contributed by atoms with Crippen LogP contribution in [0.2, 0.25) is 5.02 Å². The maximum absolute atomic E-state index is 13.9. The van der Waals surface area contributed by atoms with Crippen molar-refractivity contribution in [2.75, 3.05) is 23.7 Å². The van der Waals surface area contributed by atoms with E-state index >= 15 is 0 Å². The topological polar surface area (TPSA) is 86.8 Å². The second-order valence-corrected chi connectivity index (χ2v) is 12.9. The lowest BCUT2D eigenvalue weighted by Gasteiger charge is -2.32. The van der Waals surface area contributed by atoms with E-state index < -0.39 is 16.1 Å². The van der Waals surface area contributed by atoms with E-state index in [-0.39, 0.29) is 37.7 Å². The number of amides is 2. The number of anilines is 1. The fourth-order valence-corrected chi connectivity index (χ4v) is 6.07. The lowest BCUT2D eigenvalue weighted by atomic mass is 10.0. The molecule has 0 aliphatic heterocycles. The van der Waals surface area contributed by atoms with Crippen molar-refractivity contribution in [3.05, 3.63) is 100 Å². The molecule has 226 valence electrons. The number of rotatable bonds is 15. The number of aryl methyl sites for hydroxylation is 1. The number of halogens is 1. The fourth-order valence-electron chi connectivity index (χ4n) is 4.86. The molecule has 0 fully saturated rings. The average Bonchev–Trinajstić information content (AvgIpc) is 2.95. The summed E-state index contributed by atoms with van der Waals surface area (Å²) < 4.78 is 26.9. The number of sulfonamides is 1. The van der Waals surface area contributed by atoms with Crippen LogP contribution in [0.4, 0.5) is 5.69 Å². The SMILES string of the molecule is CCCCNC(=O)C(Cc1ccccc1)N(Cc1ccccc1Cl)C(=O)CCCN(c1cccc(C)c1C)S(C)(=O)=O. The van der Waals surface area contributed by atoms with Crippen molar-refractivity contribution in [2.45, 2.75) is 65.5 Å². The van der Waals surface area contributed by atoms with Crippen LogP contribution < -0.4 is 9.62 Å². The number of nitrogens with one attached hydrogen (secondary N) is 1. The second kappa shape index (κ2) is 15.8. The second-order valence-electron chi connectivity index (χ2n) is 10.6. The third-order valence-electron chi connectivity index (χ3n) is 7.40. The van der Waals surface area contributed by atoms with Gasteiger partial charge < -0.3 is 10.2 Å². The molecule has 3 aromatic rings. The molecule has 1 N–H and O–H groups in total. The van der Waals surface area contributed by atoms with Crippen LogP contribution in [0.25, 0.3) is 0 Å². The highest BCUT2D eigenvalue weighted by molar-refractivity contribution is 7.92. The predicted octanol–water partition coefficient (Wildman–Crippen LogP) is 6.06. The summed E-state index contributed by atoms with van der Waals surface area (Å²) in [6, 6.07) is 21.7. The first-order valence-corrected chi connectivity index (χ1v) is 16.6. The van der Waals surface area contributed by atoms with Crippen molar-refractivity contribution in [3.63, 3.8) is 0 Å². The summed E-state index contributed by atoms with van der Waals surface area (Å²) in [6.07, 6.45) is 3.64. The number of benzene rings is 3. The molecule has 7 nitrogen and oxygen atoms in total. The maximum Gasteiger partial charge on any atom is 0.243 e. The summed E-state index contributed by atoms with van der Waals surface area (Å²) in [5.74, 6) is -0.461. The van der Waals surface area contributed by atoms with E-state index in [2.05, 4.69) is 12.2 Å². The molecule has 0 aliphatic carbocycles. The number of nitrogens with zero attached hydrogens (tertiary/aromatic N) is 2. The smallest absolute Gasteiger partial charge is 0.243 e. The number of carbonyl (C=O) groups excluding carboxylic acids is 2. The van der Waals surface area contributed by atoms with Gasteiger partial charge in [-0.1, -0.05) is 85.6 Å². The lowest BCUT2D eigenvalue weighted by molar-refractivity contribution is -0.141. The third kappa shape index (κ3) is 9.33. The quantitative estimate of drug-likeness (QED) is 0.212. The number of hydrogen-bond donors (Lipinski definition) is 1. The summed E-state index contributed by atoms with van der Waals surface area (Å²) in [4.78, 5) is 29.1. The van der Waals surface area contributed by atoms with Crippen molar-refractivity contribution >= 4 is 39.1 Å². The highest BCUT2D eigenvalue weighted by Gasteiger charge is 2.31. The Morgan fingerprint density at radius 3 is 2.29 bits per heavy atom. The maximum atomic E-state index is 13.9. The van der Waals surface area contributed by atoms with Crippen molar-refractivity contribution in [3.8, 4) is 0 Å². The van der Waals surface area contributed by atoms with E-state index in [9.17, 15) is 18.0 Å². The largest absolute Gasteiger partial charge is 0.354 e. The van der Waals surface area contributed by atoms with Gasteiger partial charge in [-0.15, -0.1) is 0 Å². The van der Waals surface area contributed by atoms with E-state index in [1.54, 1.807) is 17.0 Å². The lowest BCUT2D eigenvalue weighted by Crippen LogP contribution is -2.50. The molecule has 3 aromatic carbocycles. The summed E-state index contributed by atoms with van der Waals surface area (Å²) in [5, 5.41) is 3.53. The van der Waals surface area contributed by atoms with E-state index in [1.165, 1.54) is 10.6 Å². The first-order chi connectivity index (χ1) is 20.0. The van der Waals surface area contributed by atoms with Crippen LogP contribution in [0.1, 0.15) is 54.9 Å². The number of carbonyl (C=O) groups is 2. The van der Waals surface area contributed by atoms with Gasteiger partial charge in [-0.2, -0.15) is 0 Å². The van der Waals surface area contributed by atoms with Gasteiger partial charge in [0.2, 0.25) is 21.8 Å². The van der Waals surface area contributed by atoms with Crippen molar-refractivity contribution in [2.24, 2.45) is 0 Å². The Kier molecular flexibility index (Phi) is 12.4. The Morgan fingerprint density at radius 1 is 0.929 bits per heavy atom. The molecule has 1 unspecified atom stereocenters. The Hall–Kier alpha value is -3.36. The van der Waals surface area contributed by atoms with Crippen molar-refractivity contribution in [1.82, 2.24) is 10.2 Å². The minimum absolute atomic E-state index is 0.0644. The zero-order valence-electron chi connectivity index (χ0n) is 25.0. The van der Waals surface area contributed by atoms with Gasteiger partial charge in [0.25, 0.3) is 0 Å². The van der Waals surface area contributed by atoms with Gasteiger partial charge in [0.15, 0.2) is 0 Å². The Balaban J connectivity index is 1.90. The normalized spacial score (nSPS) is 12.0. The summed E-state index contributed by atoms with van der Waals surface area (Å²) in [7, 11) is -3.59. The molecule has 0 spiro atoms. The van der Waals surface area contributed by atoms with Crippen molar-refractivity contribution in [1.29, 1.82) is 0 Å². The minimum Gasteiger partial charge on any atom is -0.354 e. The summed E-state index contributed by atoms with van der Waals surface area (Å²) in [6.45, 7) is 6.70. The van der Waals surface area contributed by atoms with Gasteiger partial charge in [-0.05, 0) is 61.1 Å². The molecule has 42 heavy (non-hydrogen) atoms. The molecule has 0 bridgehead atoms. The Labute approximate surface area is 255 Å². The van der Waals surface area contributed by atoms with E-state index in [4.69, 9.17) is 11.6 Å². The molecular weight excluding hydrogens is 570 g/mol. The third-order valence-corrected chi connectivity index (χ3v) is 8.94. The molecule has 3 rings (SSSR count). The van der Waals surface area contributed by atoms with Gasteiger partial charge in [-0.3, -0.25) is 13.9 Å². The standard InChI is InChI=1S/C33H42ClN3O4S/c1-5-6-21-35-33(39)31(23-27-15-8-7-9-16-27)36(24-28-17-10-11-18-29(28)34)32(38)20-13-22-37(42(4,40)41)30-19-12-14-25(2)26(30)3/h7-12,14-19,31H,5-6,13,20-24H2,1-4H3,(H,35,39). The first-order valence-electron chi connectivity index (χ1n) is 14.4. The highest BCUT2D eigenvalue weighted by atomic mass is 35.5. The minimum atomic E-state index is -3.59. The van der Waals surface area contributed by atoms with Gasteiger partial charge in [0.1, 0.15) is 6.04 Å². The van der Waals surface area contributed by atoms with E-state index in [0.29, 0.717) is 23.7 Å². The molecule has 0 aliphatic rings. The van der Waals surface area contributed by atoms with Crippen LogP contribution in [0.3, 0.4) is 0 Å². The van der Waals surface area contributed by atoms with Crippen LogP contribution in [0.15, 0.2) is 72.8 Å². The molecule has 0 saturated heterocycles.